The predicted octanol–water partition coefficient (Wildman–Crippen LogP) is 5.20. The Balaban J connectivity index is 1.84. The number of amides is 2. The van der Waals surface area contributed by atoms with Crippen LogP contribution in [0.4, 0.5) is 5.69 Å². The normalized spacial score (nSPS) is 16.0. The van der Waals surface area contributed by atoms with Crippen molar-refractivity contribution in [2.75, 3.05) is 4.90 Å². The van der Waals surface area contributed by atoms with E-state index in [4.69, 9.17) is 11.6 Å². The van der Waals surface area contributed by atoms with Crippen LogP contribution in [0.3, 0.4) is 0 Å². The molecule has 0 saturated carbocycles. The molecular formula is C25H23ClN2O3S. The lowest BCUT2D eigenvalue weighted by molar-refractivity contribution is 0.0936. The second kappa shape index (κ2) is 9.27. The molecule has 7 heteroatoms. The highest BCUT2D eigenvalue weighted by atomic mass is 35.5. The summed E-state index contributed by atoms with van der Waals surface area (Å²) >= 11 is 6.02. The van der Waals surface area contributed by atoms with Crippen LogP contribution in [0.5, 0.6) is 0 Å². The molecule has 0 spiro atoms. The van der Waals surface area contributed by atoms with Crippen molar-refractivity contribution in [1.82, 2.24) is 5.32 Å². The first-order chi connectivity index (χ1) is 15.4. The molecule has 0 bridgehead atoms. The molecule has 1 aliphatic rings. The minimum Gasteiger partial charge on any atom is -0.350 e. The van der Waals surface area contributed by atoms with Crippen LogP contribution in [-0.2, 0) is 17.3 Å². The van der Waals surface area contributed by atoms with Crippen LogP contribution in [0.25, 0.3) is 0 Å². The minimum absolute atomic E-state index is 0.0199. The van der Waals surface area contributed by atoms with Gasteiger partial charge >= 0.3 is 0 Å². The van der Waals surface area contributed by atoms with Crippen LogP contribution in [0.1, 0.15) is 46.5 Å². The van der Waals surface area contributed by atoms with Crippen molar-refractivity contribution in [2.45, 2.75) is 42.6 Å². The maximum Gasteiger partial charge on any atom is 0.259 e. The van der Waals surface area contributed by atoms with Gasteiger partial charge in [0.1, 0.15) is 0 Å². The third-order valence-electron chi connectivity index (χ3n) is 5.52. The van der Waals surface area contributed by atoms with Gasteiger partial charge in [0, 0.05) is 16.6 Å². The predicted molar refractivity (Wildman–Crippen MR) is 127 cm³/mol. The average molecular weight is 467 g/mol. The Labute approximate surface area is 194 Å². The number of carbonyl (C=O) groups is 2. The monoisotopic (exact) mass is 466 g/mol. The Morgan fingerprint density at radius 1 is 1.06 bits per heavy atom. The minimum atomic E-state index is -1.56. The quantitative estimate of drug-likeness (QED) is 0.562. The van der Waals surface area contributed by atoms with E-state index < -0.39 is 10.8 Å². The number of hydrogen-bond donors (Lipinski definition) is 1. The number of hydrogen-bond acceptors (Lipinski definition) is 3. The van der Waals surface area contributed by atoms with E-state index in [0.717, 1.165) is 12.0 Å². The molecule has 0 fully saturated rings. The summed E-state index contributed by atoms with van der Waals surface area (Å²) in [6, 6.07) is 19.2. The maximum atomic E-state index is 13.6. The number of benzene rings is 3. The van der Waals surface area contributed by atoms with Gasteiger partial charge in [-0.05, 0) is 61.4 Å². The zero-order chi connectivity index (χ0) is 22.8. The summed E-state index contributed by atoms with van der Waals surface area (Å²) in [4.78, 5) is 28.9. The van der Waals surface area contributed by atoms with Crippen LogP contribution >= 0.6 is 11.6 Å². The van der Waals surface area contributed by atoms with Gasteiger partial charge in [-0.3, -0.25) is 9.59 Å². The molecular weight excluding hydrogens is 444 g/mol. The molecule has 0 saturated heterocycles. The van der Waals surface area contributed by atoms with E-state index in [-0.39, 0.29) is 24.4 Å². The number of anilines is 1. The fourth-order valence-electron chi connectivity index (χ4n) is 3.54. The summed E-state index contributed by atoms with van der Waals surface area (Å²) in [5.74, 6) is -0.490. The summed E-state index contributed by atoms with van der Waals surface area (Å²) < 4.78 is 13.4. The number of nitrogens with one attached hydrogen (secondary N) is 1. The van der Waals surface area contributed by atoms with E-state index in [2.05, 4.69) is 5.32 Å². The van der Waals surface area contributed by atoms with Gasteiger partial charge in [-0.2, -0.15) is 0 Å². The molecule has 3 aromatic carbocycles. The lowest BCUT2D eigenvalue weighted by Crippen LogP contribution is -2.33. The fourth-order valence-corrected chi connectivity index (χ4v) is 5.01. The third kappa shape index (κ3) is 4.33. The highest BCUT2D eigenvalue weighted by Crippen LogP contribution is 2.36. The van der Waals surface area contributed by atoms with Gasteiger partial charge in [0.15, 0.2) is 0 Å². The first-order valence-electron chi connectivity index (χ1n) is 10.4. The molecule has 0 aliphatic carbocycles. The molecule has 3 aromatic rings. The van der Waals surface area contributed by atoms with E-state index in [1.54, 1.807) is 59.5 Å². The van der Waals surface area contributed by atoms with Crippen molar-refractivity contribution in [2.24, 2.45) is 0 Å². The number of nitrogens with zero attached hydrogens (tertiary/aromatic N) is 1. The van der Waals surface area contributed by atoms with Crippen LogP contribution < -0.4 is 10.2 Å². The zero-order valence-corrected chi connectivity index (χ0v) is 19.4. The van der Waals surface area contributed by atoms with Gasteiger partial charge in [0.05, 0.1) is 38.4 Å². The molecule has 1 heterocycles. The molecule has 1 N–H and O–H groups in total. The van der Waals surface area contributed by atoms with E-state index >= 15 is 0 Å². The van der Waals surface area contributed by atoms with Crippen molar-refractivity contribution >= 4 is 39.9 Å². The van der Waals surface area contributed by atoms with Crippen molar-refractivity contribution in [3.05, 3.63) is 88.4 Å². The summed E-state index contributed by atoms with van der Waals surface area (Å²) in [5.41, 5.74) is 2.15. The smallest absolute Gasteiger partial charge is 0.259 e. The molecule has 32 heavy (non-hydrogen) atoms. The largest absolute Gasteiger partial charge is 0.350 e. The molecule has 2 amide bonds. The molecule has 5 nitrogen and oxygen atoms in total. The number of halogens is 1. The Hall–Kier alpha value is -2.96. The van der Waals surface area contributed by atoms with Crippen molar-refractivity contribution in [3.8, 4) is 0 Å². The molecule has 2 atom stereocenters. The first-order valence-corrected chi connectivity index (χ1v) is 11.9. The molecule has 164 valence electrons. The summed E-state index contributed by atoms with van der Waals surface area (Å²) in [7, 11) is -1.56. The third-order valence-corrected chi connectivity index (χ3v) is 7.27. The van der Waals surface area contributed by atoms with Crippen molar-refractivity contribution in [1.29, 1.82) is 0 Å². The van der Waals surface area contributed by atoms with Gasteiger partial charge in [-0.25, -0.2) is 4.21 Å². The summed E-state index contributed by atoms with van der Waals surface area (Å²) in [6.45, 7) is 4.18. The van der Waals surface area contributed by atoms with Gasteiger partial charge in [0.25, 0.3) is 11.8 Å². The van der Waals surface area contributed by atoms with E-state index in [1.165, 1.54) is 0 Å². The summed E-state index contributed by atoms with van der Waals surface area (Å²) in [5, 5.41) is 3.55. The van der Waals surface area contributed by atoms with Crippen LogP contribution in [0.2, 0.25) is 5.02 Å². The van der Waals surface area contributed by atoms with Gasteiger partial charge in [-0.1, -0.05) is 42.8 Å². The molecule has 4 rings (SSSR count). The van der Waals surface area contributed by atoms with Crippen LogP contribution in [0.15, 0.2) is 76.5 Å². The molecule has 1 aliphatic heterocycles. The van der Waals surface area contributed by atoms with Crippen LogP contribution in [-0.4, -0.2) is 22.1 Å². The number of carbonyl (C=O) groups excluding carboxylic acids is 2. The summed E-state index contributed by atoms with van der Waals surface area (Å²) in [6.07, 6.45) is 0.803. The van der Waals surface area contributed by atoms with E-state index in [1.807, 2.05) is 26.0 Å². The standard InChI is InChI=1S/C25H23ClN2O3S/c1-3-16(2)27-24(29)18-10-13-23-21(14-18)28(15-17-8-11-19(26)12-9-17)25(30)20-6-4-5-7-22(20)32(23)31/h4-14,16H,3,15H2,1-2H3,(H,27,29)/t16-,32-/m1/s1. The average Bonchev–Trinajstić information content (AvgIpc) is 2.89. The molecule has 0 unspecified atom stereocenters. The number of rotatable bonds is 5. The van der Waals surface area contributed by atoms with Crippen molar-refractivity contribution < 1.29 is 13.8 Å². The van der Waals surface area contributed by atoms with E-state index in [0.29, 0.717) is 31.6 Å². The fraction of sp³-hybridized carbons (Fsp3) is 0.200. The van der Waals surface area contributed by atoms with Gasteiger partial charge < -0.3 is 10.2 Å². The van der Waals surface area contributed by atoms with Crippen LogP contribution in [0, 0.1) is 0 Å². The lowest BCUT2D eigenvalue weighted by atomic mass is 10.1. The first kappa shape index (κ1) is 22.2. The molecule has 0 radical (unpaired) electrons. The van der Waals surface area contributed by atoms with Gasteiger partial charge in [-0.15, -0.1) is 0 Å². The second-order valence-corrected chi connectivity index (χ2v) is 9.60. The zero-order valence-electron chi connectivity index (χ0n) is 17.8. The Morgan fingerprint density at radius 2 is 1.78 bits per heavy atom. The number of fused-ring (bicyclic) bond motifs is 2. The Kier molecular flexibility index (Phi) is 6.44. The van der Waals surface area contributed by atoms with Gasteiger partial charge in [0.2, 0.25) is 0 Å². The molecule has 0 aromatic heterocycles. The maximum absolute atomic E-state index is 13.6. The lowest BCUT2D eigenvalue weighted by Gasteiger charge is -2.24. The van der Waals surface area contributed by atoms with E-state index in [9.17, 15) is 13.8 Å². The Morgan fingerprint density at radius 3 is 2.50 bits per heavy atom. The highest BCUT2D eigenvalue weighted by molar-refractivity contribution is 7.85. The van der Waals surface area contributed by atoms with Crippen molar-refractivity contribution in [3.63, 3.8) is 0 Å². The highest BCUT2D eigenvalue weighted by Gasteiger charge is 2.31. The SMILES string of the molecule is CC[C@@H](C)NC(=O)c1ccc2c(c1)N(Cc1ccc(Cl)cc1)C(=O)c1ccccc1[S@]2=O. The second-order valence-electron chi connectivity index (χ2n) is 7.75. The topological polar surface area (TPSA) is 66.5 Å². The Bertz CT molecular complexity index is 1210.